The second kappa shape index (κ2) is 10.2. The summed E-state index contributed by atoms with van der Waals surface area (Å²) >= 11 is 1.58. The van der Waals surface area contributed by atoms with Gasteiger partial charge >= 0.3 is 6.18 Å². The van der Waals surface area contributed by atoms with Crippen LogP contribution in [0.5, 0.6) is 5.75 Å². The largest absolute Gasteiger partial charge is 0.488 e. The summed E-state index contributed by atoms with van der Waals surface area (Å²) in [5, 5.41) is 6.38. The van der Waals surface area contributed by atoms with Gasteiger partial charge in [-0.3, -0.25) is 0 Å². The summed E-state index contributed by atoms with van der Waals surface area (Å²) in [6.07, 6.45) is -4.35. The van der Waals surface area contributed by atoms with Gasteiger partial charge in [-0.25, -0.2) is 4.98 Å². The Morgan fingerprint density at radius 1 is 0.909 bits per heavy atom. The van der Waals surface area contributed by atoms with E-state index in [2.05, 4.69) is 17.4 Å². The van der Waals surface area contributed by atoms with E-state index < -0.39 is 11.7 Å². The zero-order valence-electron chi connectivity index (χ0n) is 18.0. The molecule has 0 saturated heterocycles. The van der Waals surface area contributed by atoms with Crippen molar-refractivity contribution in [2.24, 2.45) is 0 Å². The normalized spacial score (nSPS) is 11.5. The molecule has 33 heavy (non-hydrogen) atoms. The maximum atomic E-state index is 12.8. The van der Waals surface area contributed by atoms with Crippen LogP contribution in [0.1, 0.15) is 27.3 Å². The fourth-order valence-corrected chi connectivity index (χ4v) is 4.11. The summed E-state index contributed by atoms with van der Waals surface area (Å²) in [6.45, 7) is 3.59. The number of hydrogen-bond acceptors (Lipinski definition) is 4. The van der Waals surface area contributed by atoms with Crippen LogP contribution in [0.3, 0.4) is 0 Å². The van der Waals surface area contributed by atoms with Gasteiger partial charge in [-0.1, -0.05) is 54.1 Å². The van der Waals surface area contributed by atoms with Crippen molar-refractivity contribution in [1.82, 2.24) is 10.3 Å². The summed E-state index contributed by atoms with van der Waals surface area (Å²) in [5.74, 6) is 0.648. The predicted molar refractivity (Wildman–Crippen MR) is 125 cm³/mol. The lowest BCUT2D eigenvalue weighted by atomic mass is 10.1. The molecule has 1 N–H and O–H groups in total. The van der Waals surface area contributed by atoms with Crippen molar-refractivity contribution in [1.29, 1.82) is 0 Å². The van der Waals surface area contributed by atoms with Gasteiger partial charge in [0.2, 0.25) is 0 Å². The second-order valence-corrected chi connectivity index (χ2v) is 8.64. The Bertz CT molecular complexity index is 1190. The van der Waals surface area contributed by atoms with E-state index in [1.807, 2.05) is 48.7 Å². The van der Waals surface area contributed by atoms with Crippen molar-refractivity contribution in [2.45, 2.75) is 32.8 Å². The summed E-state index contributed by atoms with van der Waals surface area (Å²) in [6, 6.07) is 21.0. The van der Waals surface area contributed by atoms with Gasteiger partial charge < -0.3 is 10.1 Å². The van der Waals surface area contributed by atoms with Gasteiger partial charge in [0.15, 0.2) is 0 Å². The van der Waals surface area contributed by atoms with Crippen LogP contribution in [-0.2, 0) is 25.9 Å². The summed E-state index contributed by atoms with van der Waals surface area (Å²) < 4.78 is 44.3. The number of rotatable bonds is 8. The van der Waals surface area contributed by atoms with E-state index in [-0.39, 0.29) is 6.61 Å². The number of nitrogens with one attached hydrogen (secondary N) is 1. The van der Waals surface area contributed by atoms with Gasteiger partial charge in [-0.05, 0) is 42.3 Å². The molecule has 0 spiro atoms. The topological polar surface area (TPSA) is 34.1 Å². The van der Waals surface area contributed by atoms with Crippen LogP contribution in [0.25, 0.3) is 11.3 Å². The highest BCUT2D eigenvalue weighted by atomic mass is 32.1. The lowest BCUT2D eigenvalue weighted by Gasteiger charge is -2.12. The molecule has 1 heterocycles. The summed E-state index contributed by atoms with van der Waals surface area (Å²) in [5.41, 5.74) is 3.97. The second-order valence-electron chi connectivity index (χ2n) is 7.70. The zero-order chi connectivity index (χ0) is 23.3. The van der Waals surface area contributed by atoms with Crippen molar-refractivity contribution < 1.29 is 17.9 Å². The monoisotopic (exact) mass is 468 g/mol. The third kappa shape index (κ3) is 6.21. The molecule has 0 aliphatic rings. The van der Waals surface area contributed by atoms with E-state index >= 15 is 0 Å². The maximum Gasteiger partial charge on any atom is 0.416 e. The van der Waals surface area contributed by atoms with E-state index in [0.29, 0.717) is 17.9 Å². The van der Waals surface area contributed by atoms with Gasteiger partial charge in [-0.15, -0.1) is 11.3 Å². The molecule has 0 fully saturated rings. The highest BCUT2D eigenvalue weighted by Crippen LogP contribution is 2.33. The molecule has 0 amide bonds. The van der Waals surface area contributed by atoms with E-state index in [4.69, 9.17) is 9.72 Å². The first-order valence-corrected chi connectivity index (χ1v) is 11.4. The first kappa shape index (κ1) is 23.0. The Hall–Kier alpha value is -3.16. The molecule has 0 radical (unpaired) electrons. The molecule has 4 aromatic rings. The first-order chi connectivity index (χ1) is 15.9. The number of hydrogen-bond donors (Lipinski definition) is 1. The SMILES string of the molecule is Cc1ccc(OCc2ccc(C(F)(F)F)cc2)c(-c2csc(CNCc3ccccc3)n2)c1. The Morgan fingerprint density at radius 3 is 2.39 bits per heavy atom. The Balaban J connectivity index is 1.43. The number of aromatic nitrogens is 1. The molecular weight excluding hydrogens is 445 g/mol. The van der Waals surface area contributed by atoms with Crippen molar-refractivity contribution in [3.8, 4) is 17.0 Å². The number of aryl methyl sites for hydroxylation is 1. The predicted octanol–water partition coefficient (Wildman–Crippen LogP) is 7.01. The van der Waals surface area contributed by atoms with Crippen LogP contribution < -0.4 is 10.1 Å². The standard InChI is InChI=1S/C26H23F3N2OS/c1-18-7-12-24(32-16-20-8-10-21(11-9-20)26(27,28)29)22(13-18)23-17-33-25(31-23)15-30-14-19-5-3-2-4-6-19/h2-13,17,30H,14-16H2,1H3. The van der Waals surface area contributed by atoms with Crippen LogP contribution >= 0.6 is 11.3 Å². The summed E-state index contributed by atoms with van der Waals surface area (Å²) in [4.78, 5) is 4.76. The highest BCUT2D eigenvalue weighted by Gasteiger charge is 2.29. The van der Waals surface area contributed by atoms with Crippen LogP contribution in [0.15, 0.2) is 78.2 Å². The minimum Gasteiger partial charge on any atom is -0.488 e. The minimum absolute atomic E-state index is 0.170. The Morgan fingerprint density at radius 2 is 1.67 bits per heavy atom. The third-order valence-electron chi connectivity index (χ3n) is 5.09. The molecule has 0 aliphatic heterocycles. The molecule has 0 saturated carbocycles. The third-order valence-corrected chi connectivity index (χ3v) is 5.94. The molecule has 7 heteroatoms. The van der Waals surface area contributed by atoms with Crippen LogP contribution in [0.2, 0.25) is 0 Å². The Labute approximate surface area is 194 Å². The quantitative estimate of drug-likeness (QED) is 0.302. The van der Waals surface area contributed by atoms with Gasteiger partial charge in [0.25, 0.3) is 0 Å². The van der Waals surface area contributed by atoms with Crippen LogP contribution in [-0.4, -0.2) is 4.98 Å². The van der Waals surface area contributed by atoms with Crippen molar-refractivity contribution >= 4 is 11.3 Å². The lowest BCUT2D eigenvalue weighted by Crippen LogP contribution is -2.12. The number of benzene rings is 3. The van der Waals surface area contributed by atoms with Crippen LogP contribution in [0.4, 0.5) is 13.2 Å². The number of halogens is 3. The van der Waals surface area contributed by atoms with Gasteiger partial charge in [0.1, 0.15) is 17.4 Å². The fraction of sp³-hybridized carbons (Fsp3) is 0.192. The molecule has 3 nitrogen and oxygen atoms in total. The van der Waals surface area contributed by atoms with Crippen LogP contribution in [0, 0.1) is 6.92 Å². The molecule has 0 bridgehead atoms. The minimum atomic E-state index is -4.35. The highest BCUT2D eigenvalue weighted by molar-refractivity contribution is 7.09. The molecule has 1 aromatic heterocycles. The van der Waals surface area contributed by atoms with Gasteiger partial charge in [-0.2, -0.15) is 13.2 Å². The molecule has 0 unspecified atom stereocenters. The fourth-order valence-electron chi connectivity index (χ4n) is 3.35. The van der Waals surface area contributed by atoms with E-state index in [0.717, 1.165) is 40.5 Å². The van der Waals surface area contributed by atoms with Gasteiger partial charge in [0.05, 0.1) is 11.3 Å². The molecular formula is C26H23F3N2OS. The number of nitrogens with zero attached hydrogens (tertiary/aromatic N) is 1. The molecule has 3 aromatic carbocycles. The molecule has 4 rings (SSSR count). The molecule has 170 valence electrons. The number of thiazole rings is 1. The van der Waals surface area contributed by atoms with Gasteiger partial charge in [0, 0.05) is 24.0 Å². The molecule has 0 aliphatic carbocycles. The molecule has 0 atom stereocenters. The van der Waals surface area contributed by atoms with E-state index in [1.54, 1.807) is 11.3 Å². The summed E-state index contributed by atoms with van der Waals surface area (Å²) in [7, 11) is 0. The van der Waals surface area contributed by atoms with Crippen molar-refractivity contribution in [3.05, 3.63) is 105 Å². The zero-order valence-corrected chi connectivity index (χ0v) is 18.8. The number of alkyl halides is 3. The average molecular weight is 469 g/mol. The maximum absolute atomic E-state index is 12.8. The lowest BCUT2D eigenvalue weighted by molar-refractivity contribution is -0.137. The first-order valence-electron chi connectivity index (χ1n) is 10.5. The van der Waals surface area contributed by atoms with Crippen molar-refractivity contribution in [2.75, 3.05) is 0 Å². The van der Waals surface area contributed by atoms with E-state index in [1.165, 1.54) is 17.7 Å². The van der Waals surface area contributed by atoms with Crippen molar-refractivity contribution in [3.63, 3.8) is 0 Å². The average Bonchev–Trinajstić information content (AvgIpc) is 3.27. The Kier molecular flexibility index (Phi) is 7.11. The van der Waals surface area contributed by atoms with E-state index in [9.17, 15) is 13.2 Å². The smallest absolute Gasteiger partial charge is 0.416 e. The number of ether oxygens (including phenoxy) is 1.